The quantitative estimate of drug-likeness (QED) is 0.851. The largest absolute Gasteiger partial charge is 0.497 e. The first-order valence-electron chi connectivity index (χ1n) is 6.66. The van der Waals surface area contributed by atoms with Gasteiger partial charge in [-0.05, 0) is 43.1 Å². The molecule has 0 saturated heterocycles. The second-order valence-corrected chi connectivity index (χ2v) is 4.62. The highest BCUT2D eigenvalue weighted by Gasteiger charge is 2.08. The maximum atomic E-state index is 5.60. The number of hydrogen-bond donors (Lipinski definition) is 1. The van der Waals surface area contributed by atoms with E-state index in [-0.39, 0.29) is 0 Å². The molecule has 1 heterocycles. The standard InChI is InChI=1S/C15H22N2O/c1-3-5-12-11-17(9-4-8-16)15-7-6-13(18-2)10-14(12)15/h6-7,10-11H,3-5,8-9,16H2,1-2H3. The average molecular weight is 246 g/mol. The number of nitrogens with zero attached hydrogens (tertiary/aromatic N) is 1. The maximum absolute atomic E-state index is 5.60. The number of rotatable bonds is 6. The predicted octanol–water partition coefficient (Wildman–Crippen LogP) is 2.95. The summed E-state index contributed by atoms with van der Waals surface area (Å²) >= 11 is 0. The third-order valence-electron chi connectivity index (χ3n) is 3.29. The Balaban J connectivity index is 2.45. The van der Waals surface area contributed by atoms with Crippen LogP contribution in [0.5, 0.6) is 5.75 Å². The van der Waals surface area contributed by atoms with Crippen LogP contribution >= 0.6 is 0 Å². The first kappa shape index (κ1) is 13.0. The van der Waals surface area contributed by atoms with E-state index in [1.807, 2.05) is 6.07 Å². The highest BCUT2D eigenvalue weighted by atomic mass is 16.5. The van der Waals surface area contributed by atoms with Crippen molar-refractivity contribution in [2.45, 2.75) is 32.7 Å². The van der Waals surface area contributed by atoms with Crippen LogP contribution in [0.4, 0.5) is 0 Å². The van der Waals surface area contributed by atoms with Gasteiger partial charge in [0.25, 0.3) is 0 Å². The highest BCUT2D eigenvalue weighted by molar-refractivity contribution is 5.85. The first-order valence-corrected chi connectivity index (χ1v) is 6.66. The molecule has 2 aromatic rings. The van der Waals surface area contributed by atoms with E-state index in [2.05, 4.69) is 29.8 Å². The fourth-order valence-electron chi connectivity index (χ4n) is 2.39. The summed E-state index contributed by atoms with van der Waals surface area (Å²) in [6.45, 7) is 3.94. The van der Waals surface area contributed by atoms with Crippen molar-refractivity contribution in [3.05, 3.63) is 30.0 Å². The van der Waals surface area contributed by atoms with E-state index in [0.717, 1.165) is 38.1 Å². The summed E-state index contributed by atoms with van der Waals surface area (Å²) in [5.74, 6) is 0.927. The molecule has 2 rings (SSSR count). The molecule has 0 atom stereocenters. The number of hydrogen-bond acceptors (Lipinski definition) is 2. The first-order chi connectivity index (χ1) is 8.80. The lowest BCUT2D eigenvalue weighted by Crippen LogP contribution is -2.04. The van der Waals surface area contributed by atoms with E-state index in [4.69, 9.17) is 10.5 Å². The van der Waals surface area contributed by atoms with E-state index < -0.39 is 0 Å². The van der Waals surface area contributed by atoms with Crippen LogP contribution in [-0.2, 0) is 13.0 Å². The molecule has 0 unspecified atom stereocenters. The van der Waals surface area contributed by atoms with Gasteiger partial charge in [0.2, 0.25) is 0 Å². The molecule has 2 N–H and O–H groups in total. The number of aromatic nitrogens is 1. The molecule has 98 valence electrons. The third kappa shape index (κ3) is 2.51. The molecule has 0 bridgehead atoms. The zero-order valence-electron chi connectivity index (χ0n) is 11.3. The highest BCUT2D eigenvalue weighted by Crippen LogP contribution is 2.27. The van der Waals surface area contributed by atoms with Gasteiger partial charge in [-0.15, -0.1) is 0 Å². The van der Waals surface area contributed by atoms with Crippen LogP contribution in [0.15, 0.2) is 24.4 Å². The van der Waals surface area contributed by atoms with Crippen molar-refractivity contribution < 1.29 is 4.74 Å². The van der Waals surface area contributed by atoms with Gasteiger partial charge in [0, 0.05) is 23.6 Å². The number of aryl methyl sites for hydroxylation is 2. The van der Waals surface area contributed by atoms with Crippen LogP contribution in [0.3, 0.4) is 0 Å². The minimum atomic E-state index is 0.735. The van der Waals surface area contributed by atoms with Crippen molar-refractivity contribution in [2.24, 2.45) is 5.73 Å². The summed E-state index contributed by atoms with van der Waals surface area (Å²) in [6, 6.07) is 6.31. The Morgan fingerprint density at radius 3 is 2.83 bits per heavy atom. The van der Waals surface area contributed by atoms with Crippen molar-refractivity contribution in [1.82, 2.24) is 4.57 Å². The summed E-state index contributed by atoms with van der Waals surface area (Å²) in [7, 11) is 1.71. The van der Waals surface area contributed by atoms with Gasteiger partial charge in [-0.2, -0.15) is 0 Å². The normalized spacial score (nSPS) is 11.1. The lowest BCUT2D eigenvalue weighted by atomic mass is 10.1. The molecular formula is C15H22N2O. The van der Waals surface area contributed by atoms with Crippen LogP contribution in [0.25, 0.3) is 10.9 Å². The summed E-state index contributed by atoms with van der Waals surface area (Å²) < 4.78 is 7.63. The lowest BCUT2D eigenvalue weighted by molar-refractivity contribution is 0.415. The van der Waals surface area contributed by atoms with Gasteiger partial charge in [-0.25, -0.2) is 0 Å². The summed E-state index contributed by atoms with van der Waals surface area (Å²) in [6.07, 6.45) is 5.55. The Bertz CT molecular complexity index is 516. The smallest absolute Gasteiger partial charge is 0.119 e. The molecule has 1 aromatic heterocycles. The maximum Gasteiger partial charge on any atom is 0.119 e. The molecule has 0 amide bonds. The number of fused-ring (bicyclic) bond motifs is 1. The Morgan fingerprint density at radius 1 is 1.33 bits per heavy atom. The molecule has 3 heteroatoms. The van der Waals surface area contributed by atoms with Crippen molar-refractivity contribution in [3.63, 3.8) is 0 Å². The second kappa shape index (κ2) is 5.91. The molecule has 1 aromatic carbocycles. The molecule has 0 saturated carbocycles. The van der Waals surface area contributed by atoms with Gasteiger partial charge in [-0.3, -0.25) is 0 Å². The van der Waals surface area contributed by atoms with Crippen molar-refractivity contribution in [1.29, 1.82) is 0 Å². The molecule has 3 nitrogen and oxygen atoms in total. The third-order valence-corrected chi connectivity index (χ3v) is 3.29. The fraction of sp³-hybridized carbons (Fsp3) is 0.467. The van der Waals surface area contributed by atoms with Crippen molar-refractivity contribution >= 4 is 10.9 Å². The zero-order chi connectivity index (χ0) is 13.0. The van der Waals surface area contributed by atoms with E-state index in [0.29, 0.717) is 0 Å². The Labute approximate surface area is 109 Å². The average Bonchev–Trinajstić information content (AvgIpc) is 2.74. The molecular weight excluding hydrogens is 224 g/mol. The van der Waals surface area contributed by atoms with Gasteiger partial charge in [0.05, 0.1) is 7.11 Å². The van der Waals surface area contributed by atoms with Gasteiger partial charge >= 0.3 is 0 Å². The molecule has 0 aliphatic carbocycles. The van der Waals surface area contributed by atoms with E-state index in [1.165, 1.54) is 16.5 Å². The van der Waals surface area contributed by atoms with Crippen molar-refractivity contribution in [2.75, 3.05) is 13.7 Å². The van der Waals surface area contributed by atoms with E-state index >= 15 is 0 Å². The molecule has 0 spiro atoms. The summed E-state index contributed by atoms with van der Waals surface area (Å²) in [5, 5.41) is 1.31. The summed E-state index contributed by atoms with van der Waals surface area (Å²) in [5.41, 5.74) is 8.29. The predicted molar refractivity (Wildman–Crippen MR) is 76.2 cm³/mol. The number of nitrogens with two attached hydrogens (primary N) is 1. The Kier molecular flexibility index (Phi) is 4.26. The number of benzene rings is 1. The minimum Gasteiger partial charge on any atom is -0.497 e. The van der Waals surface area contributed by atoms with Gasteiger partial charge in [-0.1, -0.05) is 13.3 Å². The van der Waals surface area contributed by atoms with E-state index in [9.17, 15) is 0 Å². The van der Waals surface area contributed by atoms with Crippen molar-refractivity contribution in [3.8, 4) is 5.75 Å². The van der Waals surface area contributed by atoms with Crippen LogP contribution in [0, 0.1) is 0 Å². The summed E-state index contributed by atoms with van der Waals surface area (Å²) in [4.78, 5) is 0. The fourth-order valence-corrected chi connectivity index (χ4v) is 2.39. The van der Waals surface area contributed by atoms with Gasteiger partial charge in [0.15, 0.2) is 0 Å². The van der Waals surface area contributed by atoms with Crippen LogP contribution in [0.2, 0.25) is 0 Å². The molecule has 18 heavy (non-hydrogen) atoms. The molecule has 0 aliphatic heterocycles. The molecule has 0 radical (unpaired) electrons. The number of ether oxygens (including phenoxy) is 1. The van der Waals surface area contributed by atoms with E-state index in [1.54, 1.807) is 7.11 Å². The topological polar surface area (TPSA) is 40.2 Å². The number of methoxy groups -OCH3 is 1. The second-order valence-electron chi connectivity index (χ2n) is 4.62. The Morgan fingerprint density at radius 2 is 2.17 bits per heavy atom. The SMILES string of the molecule is CCCc1cn(CCCN)c2ccc(OC)cc12. The lowest BCUT2D eigenvalue weighted by Gasteiger charge is -2.04. The molecule has 0 aliphatic rings. The van der Waals surface area contributed by atoms with Crippen LogP contribution < -0.4 is 10.5 Å². The van der Waals surface area contributed by atoms with Gasteiger partial charge < -0.3 is 15.0 Å². The van der Waals surface area contributed by atoms with Gasteiger partial charge in [0.1, 0.15) is 5.75 Å². The van der Waals surface area contributed by atoms with Crippen LogP contribution in [0.1, 0.15) is 25.3 Å². The Hall–Kier alpha value is -1.48. The monoisotopic (exact) mass is 246 g/mol. The minimum absolute atomic E-state index is 0.735. The zero-order valence-corrected chi connectivity index (χ0v) is 11.3. The molecule has 0 fully saturated rings. The van der Waals surface area contributed by atoms with Crippen LogP contribution in [-0.4, -0.2) is 18.2 Å².